The van der Waals surface area contributed by atoms with Crippen LogP contribution in [-0.4, -0.2) is 45.7 Å². The first-order chi connectivity index (χ1) is 9.72. The number of rotatable bonds is 5. The lowest BCUT2D eigenvalue weighted by molar-refractivity contribution is -0.142. The minimum atomic E-state index is -4.07. The van der Waals surface area contributed by atoms with Crippen LogP contribution in [0.4, 0.5) is 0 Å². The van der Waals surface area contributed by atoms with Gasteiger partial charge in [0.1, 0.15) is 17.4 Å². The first-order valence-electron chi connectivity index (χ1n) is 5.74. The number of nitrogens with one attached hydrogen (secondary N) is 1. The van der Waals surface area contributed by atoms with E-state index < -0.39 is 33.8 Å². The molecular formula is C12H15NO7S. The molecule has 1 aromatic rings. The summed E-state index contributed by atoms with van der Waals surface area (Å²) in [5.74, 6) is -2.06. The van der Waals surface area contributed by atoms with Gasteiger partial charge in [-0.15, -0.1) is 0 Å². The van der Waals surface area contributed by atoms with Gasteiger partial charge in [0.05, 0.1) is 19.1 Å². The van der Waals surface area contributed by atoms with Crippen molar-refractivity contribution in [2.45, 2.75) is 17.9 Å². The van der Waals surface area contributed by atoms with Gasteiger partial charge in [-0.3, -0.25) is 4.79 Å². The first kappa shape index (κ1) is 16.9. The Morgan fingerprint density at radius 3 is 2.38 bits per heavy atom. The number of phenols is 1. The van der Waals surface area contributed by atoms with E-state index in [2.05, 4.69) is 14.2 Å². The van der Waals surface area contributed by atoms with Crippen molar-refractivity contribution in [3.8, 4) is 5.75 Å². The van der Waals surface area contributed by atoms with E-state index in [1.807, 2.05) is 0 Å². The van der Waals surface area contributed by atoms with Crippen LogP contribution in [0.2, 0.25) is 0 Å². The molecular weight excluding hydrogens is 302 g/mol. The molecule has 0 spiro atoms. The Morgan fingerprint density at radius 1 is 1.24 bits per heavy atom. The number of ether oxygens (including phenoxy) is 2. The maximum atomic E-state index is 12.1. The Bertz CT molecular complexity index is 654. The zero-order valence-electron chi connectivity index (χ0n) is 11.6. The Hall–Kier alpha value is -2.13. The summed E-state index contributed by atoms with van der Waals surface area (Å²) < 4.78 is 35.1. The van der Waals surface area contributed by atoms with Crippen LogP contribution in [-0.2, 0) is 24.3 Å². The van der Waals surface area contributed by atoms with Gasteiger partial charge in [0.15, 0.2) is 0 Å². The lowest BCUT2D eigenvalue weighted by Crippen LogP contribution is -2.39. The monoisotopic (exact) mass is 317 g/mol. The minimum Gasteiger partial charge on any atom is -0.507 e. The molecule has 1 aromatic carbocycles. The molecule has 2 N–H and O–H groups in total. The van der Waals surface area contributed by atoms with Crippen molar-refractivity contribution >= 4 is 22.0 Å². The fourth-order valence-corrected chi connectivity index (χ4v) is 2.70. The Kier molecular flexibility index (Phi) is 5.28. The highest BCUT2D eigenvalue weighted by atomic mass is 32.2. The van der Waals surface area contributed by atoms with E-state index >= 15 is 0 Å². The summed E-state index contributed by atoms with van der Waals surface area (Å²) in [6, 6.07) is 1.99. The maximum absolute atomic E-state index is 12.1. The molecule has 1 atom stereocenters. The van der Waals surface area contributed by atoms with Crippen LogP contribution in [0.25, 0.3) is 0 Å². The van der Waals surface area contributed by atoms with Crippen LogP contribution in [0, 0.1) is 0 Å². The fourth-order valence-electron chi connectivity index (χ4n) is 1.48. The molecule has 0 saturated carbocycles. The summed E-state index contributed by atoms with van der Waals surface area (Å²) in [6.45, 7) is 1.31. The molecule has 0 aliphatic rings. The van der Waals surface area contributed by atoms with Gasteiger partial charge < -0.3 is 14.6 Å². The average Bonchev–Trinajstić information content (AvgIpc) is 2.45. The van der Waals surface area contributed by atoms with Crippen LogP contribution >= 0.6 is 0 Å². The molecule has 0 radical (unpaired) electrons. The third kappa shape index (κ3) is 3.92. The van der Waals surface area contributed by atoms with E-state index in [9.17, 15) is 23.1 Å². The zero-order valence-corrected chi connectivity index (χ0v) is 12.4. The van der Waals surface area contributed by atoms with E-state index in [4.69, 9.17) is 0 Å². The van der Waals surface area contributed by atoms with Gasteiger partial charge in [0.2, 0.25) is 10.0 Å². The smallest absolute Gasteiger partial charge is 0.341 e. The van der Waals surface area contributed by atoms with Crippen molar-refractivity contribution < 1.29 is 32.6 Å². The number of hydrogen-bond acceptors (Lipinski definition) is 7. The highest BCUT2D eigenvalue weighted by molar-refractivity contribution is 7.89. The summed E-state index contributed by atoms with van der Waals surface area (Å²) >= 11 is 0. The summed E-state index contributed by atoms with van der Waals surface area (Å²) in [6.07, 6.45) is 0. The standard InChI is InChI=1S/C12H15NO7S/c1-7(11(15)19-2)13-21(17,18)8-4-5-10(14)9(6-8)12(16)20-3/h4-7,13-14H,1-3H3. The summed E-state index contributed by atoms with van der Waals surface area (Å²) in [5.41, 5.74) is -0.300. The van der Waals surface area contributed by atoms with E-state index in [1.54, 1.807) is 0 Å². The third-order valence-electron chi connectivity index (χ3n) is 2.57. The van der Waals surface area contributed by atoms with Gasteiger partial charge in [-0.2, -0.15) is 4.72 Å². The SMILES string of the molecule is COC(=O)c1cc(S(=O)(=O)NC(C)C(=O)OC)ccc1O. The van der Waals surface area contributed by atoms with Gasteiger partial charge >= 0.3 is 11.9 Å². The molecule has 1 rings (SSSR count). The van der Waals surface area contributed by atoms with Crippen LogP contribution in [0.5, 0.6) is 5.75 Å². The maximum Gasteiger partial charge on any atom is 0.341 e. The van der Waals surface area contributed by atoms with Gasteiger partial charge in [0.25, 0.3) is 0 Å². The Labute approximate surface area is 121 Å². The van der Waals surface area contributed by atoms with Crippen LogP contribution in [0.15, 0.2) is 23.1 Å². The highest BCUT2D eigenvalue weighted by Gasteiger charge is 2.24. The number of aromatic hydroxyl groups is 1. The average molecular weight is 317 g/mol. The second-order valence-corrected chi connectivity index (χ2v) is 5.75. The van der Waals surface area contributed by atoms with Crippen molar-refractivity contribution in [1.29, 1.82) is 0 Å². The lowest BCUT2D eigenvalue weighted by Gasteiger charge is -2.13. The molecule has 1 unspecified atom stereocenters. The fraction of sp³-hybridized carbons (Fsp3) is 0.333. The second-order valence-electron chi connectivity index (χ2n) is 4.04. The quantitative estimate of drug-likeness (QED) is 0.735. The van der Waals surface area contributed by atoms with Gasteiger partial charge in [-0.25, -0.2) is 13.2 Å². The number of hydrogen-bond donors (Lipinski definition) is 2. The molecule has 0 aliphatic heterocycles. The highest BCUT2D eigenvalue weighted by Crippen LogP contribution is 2.22. The van der Waals surface area contributed by atoms with E-state index in [1.165, 1.54) is 6.92 Å². The normalized spacial score (nSPS) is 12.5. The number of esters is 2. The molecule has 0 amide bonds. The van der Waals surface area contributed by atoms with E-state index in [0.29, 0.717) is 0 Å². The van der Waals surface area contributed by atoms with Gasteiger partial charge in [0, 0.05) is 0 Å². The first-order valence-corrected chi connectivity index (χ1v) is 7.22. The number of phenolic OH excluding ortho intramolecular Hbond substituents is 1. The topological polar surface area (TPSA) is 119 Å². The third-order valence-corrected chi connectivity index (χ3v) is 4.11. The van der Waals surface area contributed by atoms with E-state index in [-0.39, 0.29) is 10.5 Å². The van der Waals surface area contributed by atoms with Gasteiger partial charge in [-0.1, -0.05) is 0 Å². The van der Waals surface area contributed by atoms with Crippen LogP contribution in [0.1, 0.15) is 17.3 Å². The molecule has 0 fully saturated rings. The lowest BCUT2D eigenvalue weighted by atomic mass is 10.2. The minimum absolute atomic E-state index is 0.295. The number of carbonyl (C=O) groups excluding carboxylic acids is 2. The predicted octanol–water partition coefficient (Wildman–Crippen LogP) is 0.0186. The molecule has 116 valence electrons. The number of methoxy groups -OCH3 is 2. The Balaban J connectivity index is 3.15. The predicted molar refractivity (Wildman–Crippen MR) is 71.2 cm³/mol. The number of benzene rings is 1. The van der Waals surface area contributed by atoms with Crippen molar-refractivity contribution in [1.82, 2.24) is 4.72 Å². The van der Waals surface area contributed by atoms with Gasteiger partial charge in [-0.05, 0) is 25.1 Å². The second kappa shape index (κ2) is 6.55. The molecule has 0 bridgehead atoms. The number of sulfonamides is 1. The zero-order chi connectivity index (χ0) is 16.2. The van der Waals surface area contributed by atoms with Crippen LogP contribution < -0.4 is 4.72 Å². The molecule has 9 heteroatoms. The van der Waals surface area contributed by atoms with Crippen molar-refractivity contribution in [3.63, 3.8) is 0 Å². The molecule has 0 aromatic heterocycles. The van der Waals surface area contributed by atoms with Crippen molar-refractivity contribution in [2.75, 3.05) is 14.2 Å². The summed E-state index contributed by atoms with van der Waals surface area (Å²) in [4.78, 5) is 22.4. The molecule has 21 heavy (non-hydrogen) atoms. The number of carbonyl (C=O) groups is 2. The molecule has 8 nitrogen and oxygen atoms in total. The largest absolute Gasteiger partial charge is 0.507 e. The molecule has 0 aliphatic carbocycles. The summed E-state index contributed by atoms with van der Waals surface area (Å²) in [7, 11) is -1.84. The van der Waals surface area contributed by atoms with E-state index in [0.717, 1.165) is 32.4 Å². The van der Waals surface area contributed by atoms with Crippen LogP contribution in [0.3, 0.4) is 0 Å². The van der Waals surface area contributed by atoms with Crippen molar-refractivity contribution in [2.24, 2.45) is 0 Å². The Morgan fingerprint density at radius 2 is 1.86 bits per heavy atom. The summed E-state index contributed by atoms with van der Waals surface area (Å²) in [5, 5.41) is 9.52. The molecule has 0 heterocycles. The molecule has 0 saturated heterocycles. The van der Waals surface area contributed by atoms with Crippen molar-refractivity contribution in [3.05, 3.63) is 23.8 Å².